The van der Waals surface area contributed by atoms with Gasteiger partial charge in [-0.2, -0.15) is 0 Å². The summed E-state index contributed by atoms with van der Waals surface area (Å²) in [5.74, 6) is 1.03. The van der Waals surface area contributed by atoms with Gasteiger partial charge in [0.1, 0.15) is 5.72 Å². The van der Waals surface area contributed by atoms with Gasteiger partial charge in [0.25, 0.3) is 0 Å². The van der Waals surface area contributed by atoms with Crippen LogP contribution in [0.5, 0.6) is 0 Å². The SMILES string of the molecule is OCCCCCCCCCCCCCCCCc1ccc2c(c1)[C@@H]1C[C@]3(CCCCO3)N=C3N[C@]4(CCCCO4)C[C@H]2N31. The number of aryl methyl sites for hydroxylation is 1. The Morgan fingerprint density at radius 1 is 0.721 bits per heavy atom. The van der Waals surface area contributed by atoms with Crippen molar-refractivity contribution in [3.05, 3.63) is 34.9 Å². The molecule has 6 rings (SSSR count). The smallest absolute Gasteiger partial charge is 0.200 e. The maximum atomic E-state index is 8.86. The second-order valence-electron chi connectivity index (χ2n) is 14.3. The average molecular weight is 594 g/mol. The van der Waals surface area contributed by atoms with Crippen LogP contribution in [-0.2, 0) is 15.9 Å². The van der Waals surface area contributed by atoms with Crippen LogP contribution in [0.1, 0.15) is 170 Å². The van der Waals surface area contributed by atoms with Gasteiger partial charge >= 0.3 is 0 Å². The average Bonchev–Trinajstić information content (AvgIpc) is 3.32. The highest BCUT2D eigenvalue weighted by atomic mass is 16.5. The molecule has 0 unspecified atom stereocenters. The highest BCUT2D eigenvalue weighted by Crippen LogP contribution is 2.55. The molecule has 0 radical (unpaired) electrons. The monoisotopic (exact) mass is 593 g/mol. The Morgan fingerprint density at radius 2 is 1.35 bits per heavy atom. The van der Waals surface area contributed by atoms with Crippen LogP contribution in [0, 0.1) is 0 Å². The molecule has 0 aliphatic carbocycles. The number of aliphatic hydroxyl groups excluding tert-OH is 1. The van der Waals surface area contributed by atoms with Crippen LogP contribution in [-0.4, -0.2) is 47.2 Å². The second-order valence-corrected chi connectivity index (χ2v) is 14.3. The van der Waals surface area contributed by atoms with E-state index in [-0.39, 0.29) is 11.4 Å². The third-order valence-electron chi connectivity index (χ3n) is 11.0. The molecule has 5 aliphatic heterocycles. The molecule has 6 heteroatoms. The lowest BCUT2D eigenvalue weighted by Gasteiger charge is -2.53. The molecule has 4 atom stereocenters. The van der Waals surface area contributed by atoms with Crippen molar-refractivity contribution in [2.75, 3.05) is 19.8 Å². The molecule has 1 aromatic carbocycles. The molecule has 0 saturated carbocycles. The molecule has 3 fully saturated rings. The number of aliphatic hydroxyl groups is 1. The molecule has 0 bridgehead atoms. The van der Waals surface area contributed by atoms with Gasteiger partial charge in [0.05, 0.1) is 12.1 Å². The van der Waals surface area contributed by atoms with Crippen molar-refractivity contribution in [2.24, 2.45) is 4.99 Å². The molecular formula is C37H59N3O3. The molecule has 5 heterocycles. The summed E-state index contributed by atoms with van der Waals surface area (Å²) in [7, 11) is 0. The van der Waals surface area contributed by atoms with E-state index >= 15 is 0 Å². The Kier molecular flexibility index (Phi) is 11.0. The summed E-state index contributed by atoms with van der Waals surface area (Å²) in [6.07, 6.45) is 28.6. The van der Waals surface area contributed by atoms with Crippen molar-refractivity contribution in [3.63, 3.8) is 0 Å². The number of ether oxygens (including phenoxy) is 2. The summed E-state index contributed by atoms with van der Waals surface area (Å²) >= 11 is 0. The molecule has 0 amide bonds. The van der Waals surface area contributed by atoms with E-state index in [0.717, 1.165) is 64.1 Å². The number of rotatable bonds is 16. The molecule has 5 aliphatic rings. The zero-order chi connectivity index (χ0) is 29.4. The van der Waals surface area contributed by atoms with E-state index in [0.29, 0.717) is 18.7 Å². The molecule has 6 nitrogen and oxygen atoms in total. The first kappa shape index (κ1) is 31.4. The van der Waals surface area contributed by atoms with E-state index in [1.807, 2.05) is 0 Å². The largest absolute Gasteiger partial charge is 0.396 e. The quantitative estimate of drug-likeness (QED) is 0.188. The molecule has 240 valence electrons. The molecule has 2 N–H and O–H groups in total. The molecule has 0 aromatic heterocycles. The Hall–Kier alpha value is -1.63. The Bertz CT molecular complexity index is 1050. The van der Waals surface area contributed by atoms with Gasteiger partial charge < -0.3 is 24.8 Å². The Morgan fingerprint density at radius 3 is 1.98 bits per heavy atom. The highest BCUT2D eigenvalue weighted by Gasteiger charge is 2.56. The van der Waals surface area contributed by atoms with Crippen molar-refractivity contribution in [1.29, 1.82) is 0 Å². The standard InChI is InChI=1S/C37H59N3O3/c41-24-16-12-10-8-6-4-2-1-3-5-7-9-11-13-19-30-20-21-31-32(27-30)34-29-37(23-15-18-26-43-37)39-35-38-36(22-14-17-25-42-36)28-33(31)40(34)35/h20-21,27,33-34,41H,1-19,22-26,28-29H2,(H,38,39)/t33-,34+,36+,37-/m1/s1. The summed E-state index contributed by atoms with van der Waals surface area (Å²) in [4.78, 5) is 7.93. The number of aliphatic imine (C=N–C) groups is 1. The molecule has 43 heavy (non-hydrogen) atoms. The van der Waals surface area contributed by atoms with Gasteiger partial charge in [-0.1, -0.05) is 95.2 Å². The molecule has 3 saturated heterocycles. The lowest BCUT2D eigenvalue weighted by Crippen LogP contribution is -2.65. The van der Waals surface area contributed by atoms with Gasteiger partial charge in [-0.15, -0.1) is 0 Å². The normalized spacial score (nSPS) is 29.4. The van der Waals surface area contributed by atoms with Crippen molar-refractivity contribution < 1.29 is 14.6 Å². The number of nitrogens with one attached hydrogen (secondary N) is 1. The number of fused-ring (bicyclic) bond motifs is 3. The van der Waals surface area contributed by atoms with Crippen LogP contribution in [0.2, 0.25) is 0 Å². The number of nitrogens with zero attached hydrogens (tertiary/aromatic N) is 2. The fourth-order valence-corrected chi connectivity index (χ4v) is 8.62. The summed E-state index contributed by atoms with van der Waals surface area (Å²) in [6.45, 7) is 2.03. The lowest BCUT2D eigenvalue weighted by molar-refractivity contribution is -0.133. The zero-order valence-electron chi connectivity index (χ0n) is 26.9. The van der Waals surface area contributed by atoms with E-state index in [1.54, 1.807) is 0 Å². The van der Waals surface area contributed by atoms with Crippen molar-refractivity contribution in [1.82, 2.24) is 10.2 Å². The fourth-order valence-electron chi connectivity index (χ4n) is 8.62. The summed E-state index contributed by atoms with van der Waals surface area (Å²) in [6, 6.07) is 8.13. The summed E-state index contributed by atoms with van der Waals surface area (Å²) in [5.41, 5.74) is 3.89. The highest BCUT2D eigenvalue weighted by molar-refractivity contribution is 5.85. The predicted molar refractivity (Wildman–Crippen MR) is 174 cm³/mol. The van der Waals surface area contributed by atoms with Gasteiger partial charge in [-0.3, -0.25) is 0 Å². The van der Waals surface area contributed by atoms with Crippen molar-refractivity contribution in [3.8, 4) is 0 Å². The maximum absolute atomic E-state index is 8.86. The fraction of sp³-hybridized carbons (Fsp3) is 0.811. The predicted octanol–water partition coefficient (Wildman–Crippen LogP) is 8.63. The van der Waals surface area contributed by atoms with Gasteiger partial charge in [0.2, 0.25) is 0 Å². The van der Waals surface area contributed by atoms with Gasteiger partial charge in [0.15, 0.2) is 11.7 Å². The first-order valence-electron chi connectivity index (χ1n) is 18.4. The lowest BCUT2D eigenvalue weighted by atomic mass is 9.89. The minimum atomic E-state index is -0.377. The maximum Gasteiger partial charge on any atom is 0.200 e. The van der Waals surface area contributed by atoms with Crippen LogP contribution in [0.15, 0.2) is 23.2 Å². The number of hydrogen-bond acceptors (Lipinski definition) is 6. The van der Waals surface area contributed by atoms with E-state index in [4.69, 9.17) is 19.6 Å². The Balaban J connectivity index is 0.976. The summed E-state index contributed by atoms with van der Waals surface area (Å²) < 4.78 is 13.0. The molecular weight excluding hydrogens is 534 g/mol. The first-order valence-corrected chi connectivity index (χ1v) is 18.4. The van der Waals surface area contributed by atoms with Crippen LogP contribution in [0.25, 0.3) is 0 Å². The minimum absolute atomic E-state index is 0.281. The van der Waals surface area contributed by atoms with Crippen LogP contribution >= 0.6 is 0 Å². The van der Waals surface area contributed by atoms with E-state index in [9.17, 15) is 0 Å². The number of unbranched alkanes of at least 4 members (excludes halogenated alkanes) is 13. The summed E-state index contributed by atoms with van der Waals surface area (Å²) in [5, 5.41) is 12.7. The van der Waals surface area contributed by atoms with Gasteiger partial charge in [-0.05, 0) is 74.5 Å². The van der Waals surface area contributed by atoms with E-state index in [1.165, 1.54) is 119 Å². The number of guanidine groups is 1. The third kappa shape index (κ3) is 7.61. The zero-order valence-corrected chi connectivity index (χ0v) is 26.9. The first-order chi connectivity index (χ1) is 21.2. The van der Waals surface area contributed by atoms with Crippen molar-refractivity contribution >= 4 is 5.96 Å². The second kappa shape index (κ2) is 15.1. The molecule has 1 aromatic rings. The topological polar surface area (TPSA) is 66.3 Å². The minimum Gasteiger partial charge on any atom is -0.396 e. The number of benzene rings is 1. The molecule has 2 spiro atoms. The van der Waals surface area contributed by atoms with Crippen molar-refractivity contribution in [2.45, 2.75) is 171 Å². The van der Waals surface area contributed by atoms with Crippen LogP contribution in [0.3, 0.4) is 0 Å². The number of hydrogen-bond donors (Lipinski definition) is 2. The van der Waals surface area contributed by atoms with E-state index in [2.05, 4.69) is 28.4 Å². The van der Waals surface area contributed by atoms with Gasteiger partial charge in [-0.25, -0.2) is 4.99 Å². The van der Waals surface area contributed by atoms with Crippen LogP contribution in [0.4, 0.5) is 0 Å². The Labute approximate surface area is 261 Å². The third-order valence-corrected chi connectivity index (χ3v) is 11.0. The van der Waals surface area contributed by atoms with E-state index < -0.39 is 0 Å². The van der Waals surface area contributed by atoms with Gasteiger partial charge in [0, 0.05) is 32.7 Å². The van der Waals surface area contributed by atoms with Crippen LogP contribution < -0.4 is 5.32 Å².